The van der Waals surface area contributed by atoms with Crippen LogP contribution in [0.4, 0.5) is 0 Å². The molecule has 88 valence electrons. The van der Waals surface area contributed by atoms with Crippen molar-refractivity contribution in [3.63, 3.8) is 0 Å². The summed E-state index contributed by atoms with van der Waals surface area (Å²) in [6, 6.07) is 0.235. The van der Waals surface area contributed by atoms with E-state index in [1.807, 2.05) is 4.90 Å². The molecule has 0 radical (unpaired) electrons. The maximum Gasteiger partial charge on any atom is 0.222 e. The van der Waals surface area contributed by atoms with Gasteiger partial charge in [0.25, 0.3) is 0 Å². The van der Waals surface area contributed by atoms with E-state index < -0.39 is 0 Å². The molecular weight excluding hydrogens is 188 g/mol. The molecule has 0 aliphatic carbocycles. The van der Waals surface area contributed by atoms with E-state index in [1.165, 1.54) is 32.1 Å². The van der Waals surface area contributed by atoms with Crippen LogP contribution >= 0.6 is 0 Å². The van der Waals surface area contributed by atoms with Crippen LogP contribution in [0.15, 0.2) is 0 Å². The van der Waals surface area contributed by atoms with Crippen molar-refractivity contribution in [1.29, 1.82) is 0 Å². The molecule has 1 fully saturated rings. The number of carbonyl (C=O) groups excluding carboxylic acids is 1. The highest BCUT2D eigenvalue weighted by Gasteiger charge is 2.26. The van der Waals surface area contributed by atoms with Gasteiger partial charge < -0.3 is 10.6 Å². The number of likely N-dealkylation sites (tertiary alicyclic amines) is 1. The zero-order valence-corrected chi connectivity index (χ0v) is 9.87. The van der Waals surface area contributed by atoms with Crippen LogP contribution in [0, 0.1) is 0 Å². The van der Waals surface area contributed by atoms with Crippen LogP contribution in [0.1, 0.15) is 51.9 Å². The third-order valence-electron chi connectivity index (χ3n) is 3.01. The van der Waals surface area contributed by atoms with Crippen molar-refractivity contribution in [1.82, 2.24) is 4.90 Å². The number of hydrogen-bond donors (Lipinski definition) is 1. The second-order valence-electron chi connectivity index (χ2n) is 4.58. The Morgan fingerprint density at radius 3 is 2.40 bits per heavy atom. The largest absolute Gasteiger partial charge is 0.339 e. The van der Waals surface area contributed by atoms with E-state index >= 15 is 0 Å². The quantitative estimate of drug-likeness (QED) is 0.655. The minimum absolute atomic E-state index is 0.235. The minimum Gasteiger partial charge on any atom is -0.339 e. The van der Waals surface area contributed by atoms with Crippen molar-refractivity contribution < 1.29 is 4.79 Å². The molecule has 0 spiro atoms. The molecule has 0 aromatic carbocycles. The van der Waals surface area contributed by atoms with Crippen LogP contribution in [0.5, 0.6) is 0 Å². The summed E-state index contributed by atoms with van der Waals surface area (Å²) in [7, 11) is 0. The van der Waals surface area contributed by atoms with Gasteiger partial charge in [-0.1, -0.05) is 39.0 Å². The molecule has 0 unspecified atom stereocenters. The van der Waals surface area contributed by atoms with Crippen molar-refractivity contribution >= 4 is 5.91 Å². The first-order valence-electron chi connectivity index (χ1n) is 6.27. The molecule has 0 saturated carbocycles. The fourth-order valence-electron chi connectivity index (χ4n) is 1.93. The van der Waals surface area contributed by atoms with Crippen molar-refractivity contribution in [2.45, 2.75) is 57.9 Å². The maximum absolute atomic E-state index is 11.5. The predicted molar refractivity (Wildman–Crippen MR) is 62.5 cm³/mol. The van der Waals surface area contributed by atoms with E-state index in [0.29, 0.717) is 5.91 Å². The number of rotatable bonds is 7. The summed E-state index contributed by atoms with van der Waals surface area (Å²) in [5.41, 5.74) is 5.62. The van der Waals surface area contributed by atoms with E-state index in [4.69, 9.17) is 5.73 Å². The van der Waals surface area contributed by atoms with Crippen LogP contribution in [0.2, 0.25) is 0 Å². The smallest absolute Gasteiger partial charge is 0.222 e. The third kappa shape index (κ3) is 4.65. The number of hydrogen-bond acceptors (Lipinski definition) is 2. The minimum atomic E-state index is 0.235. The van der Waals surface area contributed by atoms with Crippen molar-refractivity contribution in [2.24, 2.45) is 5.73 Å². The Labute approximate surface area is 93.0 Å². The SMILES string of the molecule is CCCCCCCCC(=O)N1CC(N)C1. The van der Waals surface area contributed by atoms with Gasteiger partial charge in [-0.2, -0.15) is 0 Å². The van der Waals surface area contributed by atoms with Crippen molar-refractivity contribution in [3.8, 4) is 0 Å². The fourth-order valence-corrected chi connectivity index (χ4v) is 1.93. The Hall–Kier alpha value is -0.570. The molecule has 1 aliphatic heterocycles. The molecule has 1 aliphatic rings. The second kappa shape index (κ2) is 6.83. The topological polar surface area (TPSA) is 46.3 Å². The second-order valence-corrected chi connectivity index (χ2v) is 4.58. The summed E-state index contributed by atoms with van der Waals surface area (Å²) in [6.45, 7) is 3.76. The molecule has 0 aromatic heterocycles. The average Bonchev–Trinajstić information content (AvgIpc) is 2.18. The zero-order valence-electron chi connectivity index (χ0n) is 9.87. The average molecular weight is 212 g/mol. The van der Waals surface area contributed by atoms with E-state index in [2.05, 4.69) is 6.92 Å². The summed E-state index contributed by atoms with van der Waals surface area (Å²) < 4.78 is 0. The Bertz CT molecular complexity index is 188. The van der Waals surface area contributed by atoms with Gasteiger partial charge in [-0.05, 0) is 6.42 Å². The molecule has 1 heterocycles. The number of unbranched alkanes of at least 4 members (excludes halogenated alkanes) is 5. The highest BCUT2D eigenvalue weighted by molar-refractivity contribution is 5.77. The number of amides is 1. The molecule has 0 aromatic rings. The summed E-state index contributed by atoms with van der Waals surface area (Å²) in [5.74, 6) is 0.298. The van der Waals surface area contributed by atoms with Gasteiger partial charge in [0.05, 0.1) is 0 Å². The lowest BCUT2D eigenvalue weighted by atomic mass is 10.1. The fraction of sp³-hybridized carbons (Fsp3) is 0.917. The van der Waals surface area contributed by atoms with Crippen LogP contribution in [-0.2, 0) is 4.79 Å². The van der Waals surface area contributed by atoms with E-state index in [0.717, 1.165) is 25.9 Å². The third-order valence-corrected chi connectivity index (χ3v) is 3.01. The Morgan fingerprint density at radius 1 is 1.20 bits per heavy atom. The lowest BCUT2D eigenvalue weighted by Crippen LogP contribution is -2.57. The molecule has 15 heavy (non-hydrogen) atoms. The zero-order chi connectivity index (χ0) is 11.1. The van der Waals surface area contributed by atoms with E-state index in [9.17, 15) is 4.79 Å². The van der Waals surface area contributed by atoms with Gasteiger partial charge in [-0.25, -0.2) is 0 Å². The van der Waals surface area contributed by atoms with Crippen LogP contribution < -0.4 is 5.73 Å². The molecule has 0 bridgehead atoms. The molecule has 3 nitrogen and oxygen atoms in total. The molecule has 3 heteroatoms. The Kier molecular flexibility index (Phi) is 5.69. The van der Waals surface area contributed by atoms with Crippen LogP contribution in [0.25, 0.3) is 0 Å². The van der Waals surface area contributed by atoms with Gasteiger partial charge in [0.15, 0.2) is 0 Å². The summed E-state index contributed by atoms with van der Waals surface area (Å²) in [4.78, 5) is 13.4. The first kappa shape index (κ1) is 12.5. The highest BCUT2D eigenvalue weighted by atomic mass is 16.2. The van der Waals surface area contributed by atoms with Gasteiger partial charge in [0.2, 0.25) is 5.91 Å². The molecule has 1 rings (SSSR count). The number of nitrogens with two attached hydrogens (primary N) is 1. The molecule has 2 N–H and O–H groups in total. The van der Waals surface area contributed by atoms with Gasteiger partial charge in [-0.3, -0.25) is 4.79 Å². The summed E-state index contributed by atoms with van der Waals surface area (Å²) in [6.07, 6.45) is 8.18. The highest BCUT2D eigenvalue weighted by Crippen LogP contribution is 2.11. The lowest BCUT2D eigenvalue weighted by molar-refractivity contribution is -0.135. The van der Waals surface area contributed by atoms with Crippen molar-refractivity contribution in [2.75, 3.05) is 13.1 Å². The monoisotopic (exact) mass is 212 g/mol. The van der Waals surface area contributed by atoms with Crippen LogP contribution in [0.3, 0.4) is 0 Å². The van der Waals surface area contributed by atoms with Crippen molar-refractivity contribution in [3.05, 3.63) is 0 Å². The maximum atomic E-state index is 11.5. The van der Waals surface area contributed by atoms with Gasteiger partial charge in [0, 0.05) is 25.6 Å². The first-order valence-corrected chi connectivity index (χ1v) is 6.27. The van der Waals surface area contributed by atoms with Gasteiger partial charge >= 0.3 is 0 Å². The molecular formula is C12H24N2O. The first-order chi connectivity index (χ1) is 7.24. The summed E-state index contributed by atoms with van der Waals surface area (Å²) in [5, 5.41) is 0. The number of carbonyl (C=O) groups is 1. The lowest BCUT2D eigenvalue weighted by Gasteiger charge is -2.36. The Morgan fingerprint density at radius 2 is 1.80 bits per heavy atom. The molecule has 1 amide bonds. The molecule has 0 atom stereocenters. The normalized spacial score (nSPS) is 16.5. The predicted octanol–water partition coefficient (Wildman–Crippen LogP) is 1.91. The van der Waals surface area contributed by atoms with Gasteiger partial charge in [0.1, 0.15) is 0 Å². The van der Waals surface area contributed by atoms with Gasteiger partial charge in [-0.15, -0.1) is 0 Å². The summed E-state index contributed by atoms with van der Waals surface area (Å²) >= 11 is 0. The standard InChI is InChI=1S/C12H24N2O/c1-2-3-4-5-6-7-8-12(15)14-9-11(13)10-14/h11H,2-10,13H2,1H3. The van der Waals surface area contributed by atoms with E-state index in [1.54, 1.807) is 0 Å². The molecule has 1 saturated heterocycles. The van der Waals surface area contributed by atoms with Crippen LogP contribution in [-0.4, -0.2) is 29.9 Å². The number of nitrogens with zero attached hydrogens (tertiary/aromatic N) is 1. The Balaban J connectivity index is 1.89. The van der Waals surface area contributed by atoms with E-state index in [-0.39, 0.29) is 6.04 Å².